The Hall–Kier alpha value is -2.14. The van der Waals surface area contributed by atoms with Crippen LogP contribution in [0.5, 0.6) is 5.75 Å². The molecule has 0 amide bonds. The van der Waals surface area contributed by atoms with E-state index in [0.29, 0.717) is 5.95 Å². The molecule has 0 saturated carbocycles. The molecule has 1 aromatic carbocycles. The number of hydrazine groups is 1. The van der Waals surface area contributed by atoms with Crippen LogP contribution in [-0.4, -0.2) is 17.1 Å². The van der Waals surface area contributed by atoms with Crippen molar-refractivity contribution in [1.29, 1.82) is 0 Å². The number of hydrogen-bond acceptors (Lipinski definition) is 5. The van der Waals surface area contributed by atoms with Crippen molar-refractivity contribution >= 4 is 5.95 Å². The van der Waals surface area contributed by atoms with E-state index >= 15 is 0 Å². The van der Waals surface area contributed by atoms with Gasteiger partial charge in [0.05, 0.1) is 12.8 Å². The molecule has 0 spiro atoms. The van der Waals surface area contributed by atoms with Gasteiger partial charge >= 0.3 is 0 Å². The number of anilines is 1. The molecular formula is C14H18N4O. The molecule has 100 valence electrons. The van der Waals surface area contributed by atoms with Gasteiger partial charge < -0.3 is 4.74 Å². The number of nitrogen functional groups attached to an aromatic ring is 1. The molecule has 0 radical (unpaired) electrons. The molecule has 19 heavy (non-hydrogen) atoms. The summed E-state index contributed by atoms with van der Waals surface area (Å²) in [6.07, 6.45) is 0.906. The van der Waals surface area contributed by atoms with Crippen LogP contribution in [0.25, 0.3) is 11.3 Å². The highest BCUT2D eigenvalue weighted by Gasteiger charge is 2.07. The van der Waals surface area contributed by atoms with E-state index in [1.54, 1.807) is 7.11 Å². The second-order valence-electron chi connectivity index (χ2n) is 4.24. The number of nitrogens with zero attached hydrogens (tertiary/aromatic N) is 2. The average Bonchev–Trinajstić information content (AvgIpc) is 2.45. The number of nitrogens with two attached hydrogens (primary N) is 1. The largest absolute Gasteiger partial charge is 0.496 e. The Morgan fingerprint density at radius 1 is 1.26 bits per heavy atom. The number of benzene rings is 1. The molecule has 0 bridgehead atoms. The van der Waals surface area contributed by atoms with Crippen LogP contribution in [0.3, 0.4) is 0 Å². The maximum absolute atomic E-state index is 5.37. The maximum Gasteiger partial charge on any atom is 0.237 e. The molecule has 1 heterocycles. The molecule has 0 aliphatic heterocycles. The van der Waals surface area contributed by atoms with Gasteiger partial charge in [0.25, 0.3) is 0 Å². The summed E-state index contributed by atoms with van der Waals surface area (Å²) in [5.41, 5.74) is 6.37. The molecule has 5 nitrogen and oxygen atoms in total. The molecule has 2 rings (SSSR count). The van der Waals surface area contributed by atoms with Crippen molar-refractivity contribution in [1.82, 2.24) is 9.97 Å². The van der Waals surface area contributed by atoms with Gasteiger partial charge in [0.15, 0.2) is 0 Å². The van der Waals surface area contributed by atoms with Crippen molar-refractivity contribution in [2.45, 2.75) is 20.3 Å². The van der Waals surface area contributed by atoms with Crippen molar-refractivity contribution in [3.63, 3.8) is 0 Å². The highest BCUT2D eigenvalue weighted by Crippen LogP contribution is 2.26. The van der Waals surface area contributed by atoms with Crippen LogP contribution in [0.1, 0.15) is 18.2 Å². The van der Waals surface area contributed by atoms with E-state index in [2.05, 4.69) is 28.4 Å². The Bertz CT molecular complexity index is 584. The predicted molar refractivity (Wildman–Crippen MR) is 75.9 cm³/mol. The fraction of sp³-hybridized carbons (Fsp3) is 0.286. The molecule has 0 saturated heterocycles. The van der Waals surface area contributed by atoms with E-state index in [0.717, 1.165) is 34.7 Å². The maximum atomic E-state index is 5.37. The number of aryl methyl sites for hydroxylation is 2. The fourth-order valence-electron chi connectivity index (χ4n) is 2.00. The lowest BCUT2D eigenvalue weighted by Crippen LogP contribution is -2.11. The second-order valence-corrected chi connectivity index (χ2v) is 4.24. The number of rotatable bonds is 4. The molecule has 0 aliphatic carbocycles. The van der Waals surface area contributed by atoms with Crippen LogP contribution in [0.4, 0.5) is 5.95 Å². The van der Waals surface area contributed by atoms with Gasteiger partial charge in [-0.3, -0.25) is 5.43 Å². The summed E-state index contributed by atoms with van der Waals surface area (Å²) in [6.45, 7) is 4.01. The molecule has 0 fully saturated rings. The van der Waals surface area contributed by atoms with Crippen LogP contribution in [-0.2, 0) is 6.42 Å². The lowest BCUT2D eigenvalue weighted by molar-refractivity contribution is 0.410. The van der Waals surface area contributed by atoms with Gasteiger partial charge in [0.2, 0.25) is 5.95 Å². The SMILES string of the molecule is CCc1cc(-c2cc(C)nc(NN)n2)ccc1OC. The summed E-state index contributed by atoms with van der Waals surface area (Å²) < 4.78 is 5.33. The quantitative estimate of drug-likeness (QED) is 0.650. The van der Waals surface area contributed by atoms with Crippen molar-refractivity contribution in [3.8, 4) is 17.0 Å². The molecule has 0 unspecified atom stereocenters. The first-order chi connectivity index (χ1) is 9.17. The standard InChI is InChI=1S/C14H18N4O/c1-4-10-8-11(5-6-13(10)19-3)12-7-9(2)16-14(17-12)18-15/h5-8H,4,15H2,1-3H3,(H,16,17,18). The van der Waals surface area contributed by atoms with Crippen molar-refractivity contribution < 1.29 is 4.74 Å². The molecule has 1 aromatic heterocycles. The molecule has 2 aromatic rings. The first-order valence-corrected chi connectivity index (χ1v) is 6.17. The zero-order chi connectivity index (χ0) is 13.8. The van der Waals surface area contributed by atoms with Crippen LogP contribution < -0.4 is 16.0 Å². The van der Waals surface area contributed by atoms with Gasteiger partial charge in [0.1, 0.15) is 5.75 Å². The number of aromatic nitrogens is 2. The first-order valence-electron chi connectivity index (χ1n) is 6.17. The second kappa shape index (κ2) is 5.67. The topological polar surface area (TPSA) is 73.1 Å². The van der Waals surface area contributed by atoms with Crippen LogP contribution in [0, 0.1) is 6.92 Å². The van der Waals surface area contributed by atoms with Gasteiger partial charge in [-0.1, -0.05) is 6.92 Å². The number of nitrogens with one attached hydrogen (secondary N) is 1. The van der Waals surface area contributed by atoms with E-state index < -0.39 is 0 Å². The Morgan fingerprint density at radius 2 is 2.05 bits per heavy atom. The van der Waals surface area contributed by atoms with E-state index in [-0.39, 0.29) is 0 Å². The minimum atomic E-state index is 0.420. The zero-order valence-corrected chi connectivity index (χ0v) is 11.4. The van der Waals surface area contributed by atoms with Gasteiger partial charge in [-0.25, -0.2) is 15.8 Å². The Balaban J connectivity index is 2.49. The van der Waals surface area contributed by atoms with Gasteiger partial charge in [-0.05, 0) is 43.2 Å². The molecular weight excluding hydrogens is 240 g/mol. The summed E-state index contributed by atoms with van der Waals surface area (Å²) in [5, 5.41) is 0. The third kappa shape index (κ3) is 2.82. The molecule has 0 atom stereocenters. The summed E-state index contributed by atoms with van der Waals surface area (Å²) in [5.74, 6) is 6.69. The average molecular weight is 258 g/mol. The minimum absolute atomic E-state index is 0.420. The van der Waals surface area contributed by atoms with Crippen molar-refractivity contribution in [2.75, 3.05) is 12.5 Å². The van der Waals surface area contributed by atoms with E-state index in [4.69, 9.17) is 10.6 Å². The number of hydrogen-bond donors (Lipinski definition) is 2. The Morgan fingerprint density at radius 3 is 2.68 bits per heavy atom. The summed E-state index contributed by atoms with van der Waals surface area (Å²) in [7, 11) is 1.68. The smallest absolute Gasteiger partial charge is 0.237 e. The lowest BCUT2D eigenvalue weighted by Gasteiger charge is -2.10. The monoisotopic (exact) mass is 258 g/mol. The molecule has 3 N–H and O–H groups in total. The Labute approximate surface area is 112 Å². The van der Waals surface area contributed by atoms with E-state index in [9.17, 15) is 0 Å². The van der Waals surface area contributed by atoms with Gasteiger partial charge in [-0.2, -0.15) is 0 Å². The summed E-state index contributed by atoms with van der Waals surface area (Å²) >= 11 is 0. The summed E-state index contributed by atoms with van der Waals surface area (Å²) in [6, 6.07) is 7.96. The third-order valence-corrected chi connectivity index (χ3v) is 2.94. The predicted octanol–water partition coefficient (Wildman–Crippen LogP) is 2.31. The summed E-state index contributed by atoms with van der Waals surface area (Å²) in [4.78, 5) is 8.55. The fourth-order valence-corrected chi connectivity index (χ4v) is 2.00. The minimum Gasteiger partial charge on any atom is -0.496 e. The highest BCUT2D eigenvalue weighted by molar-refractivity contribution is 5.63. The lowest BCUT2D eigenvalue weighted by atomic mass is 10.0. The Kier molecular flexibility index (Phi) is 3.97. The zero-order valence-electron chi connectivity index (χ0n) is 11.4. The number of ether oxygens (including phenoxy) is 1. The molecule has 5 heteroatoms. The third-order valence-electron chi connectivity index (χ3n) is 2.94. The van der Waals surface area contributed by atoms with Crippen molar-refractivity contribution in [2.24, 2.45) is 5.84 Å². The van der Waals surface area contributed by atoms with Gasteiger partial charge in [-0.15, -0.1) is 0 Å². The molecule has 0 aliphatic rings. The van der Waals surface area contributed by atoms with Crippen LogP contribution in [0.15, 0.2) is 24.3 Å². The number of methoxy groups -OCH3 is 1. The first kappa shape index (κ1) is 13.3. The van der Waals surface area contributed by atoms with E-state index in [1.807, 2.05) is 25.1 Å². The normalized spacial score (nSPS) is 10.3. The van der Waals surface area contributed by atoms with Gasteiger partial charge in [0, 0.05) is 11.3 Å². The highest BCUT2D eigenvalue weighted by atomic mass is 16.5. The van der Waals surface area contributed by atoms with Crippen LogP contribution in [0.2, 0.25) is 0 Å². The van der Waals surface area contributed by atoms with Crippen LogP contribution >= 0.6 is 0 Å². The van der Waals surface area contributed by atoms with Crippen molar-refractivity contribution in [3.05, 3.63) is 35.5 Å². The van der Waals surface area contributed by atoms with E-state index in [1.165, 1.54) is 0 Å².